The molecular formula is C15H25N3O2. The van der Waals surface area contributed by atoms with Crippen LogP contribution < -0.4 is 0 Å². The highest BCUT2D eigenvalue weighted by Crippen LogP contribution is 2.33. The fourth-order valence-electron chi connectivity index (χ4n) is 2.40. The Kier molecular flexibility index (Phi) is 3.91. The van der Waals surface area contributed by atoms with Crippen molar-refractivity contribution < 1.29 is 9.90 Å². The summed E-state index contributed by atoms with van der Waals surface area (Å²) < 4.78 is 1.68. The first-order valence-electron chi connectivity index (χ1n) is 7.18. The molecule has 1 aromatic rings. The second-order valence-corrected chi connectivity index (χ2v) is 6.91. The molecule has 1 atom stereocenters. The molecule has 0 spiro atoms. The van der Waals surface area contributed by atoms with Gasteiger partial charge in [0.2, 0.25) is 0 Å². The summed E-state index contributed by atoms with van der Waals surface area (Å²) in [6, 6.07) is 0. The van der Waals surface area contributed by atoms with E-state index in [2.05, 4.69) is 5.10 Å². The van der Waals surface area contributed by atoms with Crippen LogP contribution in [0.3, 0.4) is 0 Å². The Bertz CT molecular complexity index is 498. The molecule has 1 fully saturated rings. The maximum Gasteiger partial charge on any atom is 0.257 e. The van der Waals surface area contributed by atoms with Gasteiger partial charge in [-0.3, -0.25) is 9.48 Å². The maximum absolute atomic E-state index is 12.6. The zero-order chi connectivity index (χ0) is 15.1. The zero-order valence-electron chi connectivity index (χ0n) is 13.1. The summed E-state index contributed by atoms with van der Waals surface area (Å²) in [5.41, 5.74) is 1.26. The van der Waals surface area contributed by atoms with Gasteiger partial charge < -0.3 is 10.0 Å². The zero-order valence-corrected chi connectivity index (χ0v) is 13.1. The van der Waals surface area contributed by atoms with E-state index in [1.807, 2.05) is 27.8 Å². The fraction of sp³-hybridized carbons (Fsp3) is 0.733. The highest BCUT2D eigenvalue weighted by Gasteiger charge is 2.33. The Morgan fingerprint density at radius 2 is 2.15 bits per heavy atom. The Hall–Kier alpha value is -1.36. The van der Waals surface area contributed by atoms with Crippen LogP contribution in [0.2, 0.25) is 0 Å². The van der Waals surface area contributed by atoms with Crippen molar-refractivity contribution >= 4 is 5.91 Å². The van der Waals surface area contributed by atoms with Gasteiger partial charge in [-0.05, 0) is 18.8 Å². The van der Waals surface area contributed by atoms with Gasteiger partial charge in [0.1, 0.15) is 0 Å². The summed E-state index contributed by atoms with van der Waals surface area (Å²) in [4.78, 5) is 14.2. The average Bonchev–Trinajstić information content (AvgIpc) is 3.09. The maximum atomic E-state index is 12.6. The Labute approximate surface area is 120 Å². The molecule has 1 saturated carbocycles. The molecule has 1 aromatic heterocycles. The molecule has 1 unspecified atom stereocenters. The van der Waals surface area contributed by atoms with Gasteiger partial charge in [-0.15, -0.1) is 0 Å². The van der Waals surface area contributed by atoms with Crippen molar-refractivity contribution in [2.75, 3.05) is 13.6 Å². The van der Waals surface area contributed by atoms with Crippen molar-refractivity contribution in [3.63, 3.8) is 0 Å². The number of rotatable bonds is 4. The Balaban J connectivity index is 2.15. The highest BCUT2D eigenvalue weighted by molar-refractivity contribution is 5.95. The Morgan fingerprint density at radius 1 is 1.55 bits per heavy atom. The van der Waals surface area contributed by atoms with E-state index in [-0.39, 0.29) is 11.3 Å². The summed E-state index contributed by atoms with van der Waals surface area (Å²) in [5.74, 6) is 0.309. The van der Waals surface area contributed by atoms with Crippen LogP contribution in [0, 0.1) is 5.92 Å². The van der Waals surface area contributed by atoms with Gasteiger partial charge >= 0.3 is 0 Å². The number of aliphatic hydroxyl groups excluding tert-OH is 1. The molecule has 5 heteroatoms. The number of carbonyl (C=O) groups is 1. The standard InChI is InChI=1S/C15H25N3O2/c1-15(2,3)13-11(8-18(5)16-13)14(20)17(4)9-12(19)10-6-7-10/h8,10,12,19H,6-7,9H2,1-5H3. The number of nitrogens with zero attached hydrogens (tertiary/aromatic N) is 3. The lowest BCUT2D eigenvalue weighted by Crippen LogP contribution is -2.36. The van der Waals surface area contributed by atoms with Gasteiger partial charge in [-0.1, -0.05) is 20.8 Å². The number of aryl methyl sites for hydroxylation is 1. The van der Waals surface area contributed by atoms with Gasteiger partial charge in [0, 0.05) is 32.3 Å². The van der Waals surface area contributed by atoms with Crippen LogP contribution >= 0.6 is 0 Å². The molecule has 20 heavy (non-hydrogen) atoms. The summed E-state index contributed by atoms with van der Waals surface area (Å²) in [6.45, 7) is 6.53. The lowest BCUT2D eigenvalue weighted by atomic mass is 9.89. The van der Waals surface area contributed by atoms with Crippen molar-refractivity contribution in [2.24, 2.45) is 13.0 Å². The van der Waals surface area contributed by atoms with E-state index in [4.69, 9.17) is 0 Å². The van der Waals surface area contributed by atoms with E-state index >= 15 is 0 Å². The lowest BCUT2D eigenvalue weighted by molar-refractivity contribution is 0.0643. The van der Waals surface area contributed by atoms with E-state index < -0.39 is 6.10 Å². The van der Waals surface area contributed by atoms with E-state index in [0.29, 0.717) is 18.0 Å². The molecule has 0 radical (unpaired) electrons. The molecular weight excluding hydrogens is 254 g/mol. The van der Waals surface area contributed by atoms with Gasteiger partial charge in [0.25, 0.3) is 5.91 Å². The smallest absolute Gasteiger partial charge is 0.257 e. The predicted octanol–water partition coefficient (Wildman–Crippen LogP) is 1.56. The molecule has 0 bridgehead atoms. The van der Waals surface area contributed by atoms with Crippen molar-refractivity contribution in [2.45, 2.75) is 45.1 Å². The number of aromatic nitrogens is 2. The molecule has 0 aromatic carbocycles. The molecule has 5 nitrogen and oxygen atoms in total. The fourth-order valence-corrected chi connectivity index (χ4v) is 2.40. The molecule has 0 aliphatic heterocycles. The average molecular weight is 279 g/mol. The first-order chi connectivity index (χ1) is 9.20. The molecule has 1 N–H and O–H groups in total. The third-order valence-corrected chi connectivity index (χ3v) is 3.74. The number of hydrogen-bond donors (Lipinski definition) is 1. The number of carbonyl (C=O) groups excluding carboxylic acids is 1. The highest BCUT2D eigenvalue weighted by atomic mass is 16.3. The number of aliphatic hydroxyl groups is 1. The third-order valence-electron chi connectivity index (χ3n) is 3.74. The van der Waals surface area contributed by atoms with Crippen molar-refractivity contribution in [3.8, 4) is 0 Å². The van der Waals surface area contributed by atoms with Crippen LogP contribution in [0.5, 0.6) is 0 Å². The van der Waals surface area contributed by atoms with Crippen molar-refractivity contribution in [1.82, 2.24) is 14.7 Å². The summed E-state index contributed by atoms with van der Waals surface area (Å²) in [6.07, 6.45) is 3.51. The van der Waals surface area contributed by atoms with E-state index in [0.717, 1.165) is 18.5 Å². The van der Waals surface area contributed by atoms with E-state index in [1.54, 1.807) is 22.8 Å². The van der Waals surface area contributed by atoms with Gasteiger partial charge in [-0.25, -0.2) is 0 Å². The molecule has 112 valence electrons. The summed E-state index contributed by atoms with van der Waals surface area (Å²) in [7, 11) is 3.57. The molecule has 2 rings (SSSR count). The van der Waals surface area contributed by atoms with Crippen LogP contribution in [0.1, 0.15) is 49.7 Å². The Morgan fingerprint density at radius 3 is 2.65 bits per heavy atom. The quantitative estimate of drug-likeness (QED) is 0.910. The number of likely N-dealkylation sites (N-methyl/N-ethyl adjacent to an activating group) is 1. The topological polar surface area (TPSA) is 58.4 Å². The normalized spacial score (nSPS) is 17.1. The summed E-state index contributed by atoms with van der Waals surface area (Å²) in [5, 5.41) is 14.4. The van der Waals surface area contributed by atoms with Gasteiger partial charge in [-0.2, -0.15) is 5.10 Å². The van der Waals surface area contributed by atoms with E-state index in [1.165, 1.54) is 0 Å². The van der Waals surface area contributed by atoms with Crippen molar-refractivity contribution in [3.05, 3.63) is 17.5 Å². The number of amides is 1. The van der Waals surface area contributed by atoms with Crippen LogP contribution in [-0.4, -0.2) is 45.4 Å². The van der Waals surface area contributed by atoms with Crippen LogP contribution in [0.25, 0.3) is 0 Å². The molecule has 1 amide bonds. The van der Waals surface area contributed by atoms with Crippen LogP contribution in [0.15, 0.2) is 6.20 Å². The van der Waals surface area contributed by atoms with Crippen LogP contribution in [0.4, 0.5) is 0 Å². The molecule has 0 saturated heterocycles. The second-order valence-electron chi connectivity index (χ2n) is 6.91. The molecule has 1 aliphatic rings. The molecule has 1 heterocycles. The molecule has 1 aliphatic carbocycles. The van der Waals surface area contributed by atoms with Gasteiger partial charge in [0.15, 0.2) is 0 Å². The minimum Gasteiger partial charge on any atom is -0.391 e. The first kappa shape index (κ1) is 15.0. The predicted molar refractivity (Wildman–Crippen MR) is 77.6 cm³/mol. The minimum absolute atomic E-state index is 0.0669. The lowest BCUT2D eigenvalue weighted by Gasteiger charge is -2.23. The summed E-state index contributed by atoms with van der Waals surface area (Å²) >= 11 is 0. The van der Waals surface area contributed by atoms with Crippen molar-refractivity contribution in [1.29, 1.82) is 0 Å². The number of hydrogen-bond acceptors (Lipinski definition) is 3. The minimum atomic E-state index is -0.404. The monoisotopic (exact) mass is 279 g/mol. The van der Waals surface area contributed by atoms with Gasteiger partial charge in [0.05, 0.1) is 17.4 Å². The largest absolute Gasteiger partial charge is 0.391 e. The van der Waals surface area contributed by atoms with E-state index in [9.17, 15) is 9.90 Å². The second kappa shape index (κ2) is 5.20. The third kappa shape index (κ3) is 3.20. The van der Waals surface area contributed by atoms with Crippen LogP contribution in [-0.2, 0) is 12.5 Å². The first-order valence-corrected chi connectivity index (χ1v) is 7.18. The SMILES string of the molecule is CN(CC(O)C1CC1)C(=O)c1cn(C)nc1C(C)(C)C.